The predicted octanol–water partition coefficient (Wildman–Crippen LogP) is 3.98. The molecule has 1 unspecified atom stereocenters. The van der Waals surface area contributed by atoms with Crippen LogP contribution in [0.3, 0.4) is 0 Å². The van der Waals surface area contributed by atoms with Crippen molar-refractivity contribution in [2.45, 2.75) is 25.8 Å². The average Bonchev–Trinajstić information content (AvgIpc) is 3.00. The lowest BCUT2D eigenvalue weighted by Gasteiger charge is -2.16. The second-order valence-electron chi connectivity index (χ2n) is 7.25. The van der Waals surface area contributed by atoms with Crippen molar-refractivity contribution in [2.24, 2.45) is 0 Å². The molecule has 144 valence electrons. The number of fused-ring (bicyclic) bond motifs is 3. The van der Waals surface area contributed by atoms with E-state index in [1.54, 1.807) is 6.20 Å². The highest BCUT2D eigenvalue weighted by molar-refractivity contribution is 5.78. The van der Waals surface area contributed by atoms with Crippen molar-refractivity contribution in [1.29, 1.82) is 0 Å². The molecule has 0 saturated heterocycles. The number of hydrogen-bond donors (Lipinski definition) is 1. The minimum absolute atomic E-state index is 0.0125. The molecule has 1 aliphatic heterocycles. The molecule has 0 radical (unpaired) electrons. The van der Waals surface area contributed by atoms with Crippen LogP contribution in [0, 0.1) is 6.92 Å². The lowest BCUT2D eigenvalue weighted by atomic mass is 9.93. The van der Waals surface area contributed by atoms with Gasteiger partial charge in [0.05, 0.1) is 17.9 Å². The van der Waals surface area contributed by atoms with Crippen LogP contribution < -0.4 is 10.1 Å². The summed E-state index contributed by atoms with van der Waals surface area (Å²) in [4.78, 5) is 21.6. The van der Waals surface area contributed by atoms with Gasteiger partial charge in [-0.05, 0) is 42.3 Å². The van der Waals surface area contributed by atoms with E-state index in [-0.39, 0.29) is 11.8 Å². The number of benzene rings is 1. The van der Waals surface area contributed by atoms with Gasteiger partial charge in [-0.25, -0.2) is 9.97 Å². The highest BCUT2D eigenvalue weighted by Crippen LogP contribution is 2.34. The first kappa shape index (κ1) is 17.4. The number of ether oxygens (including phenoxy) is 1. The average molecular weight is 384 g/mol. The molecule has 6 nitrogen and oxygen atoms in total. The monoisotopic (exact) mass is 384 g/mol. The van der Waals surface area contributed by atoms with Crippen LogP contribution in [-0.2, 0) is 11.3 Å². The van der Waals surface area contributed by atoms with Gasteiger partial charge in [-0.15, -0.1) is 0 Å². The third-order valence-corrected chi connectivity index (χ3v) is 5.19. The molecule has 1 N–H and O–H groups in total. The third kappa shape index (κ3) is 3.33. The molecular formula is C23H20N4O2. The first-order valence-electron chi connectivity index (χ1n) is 9.60. The molecule has 1 atom stereocenters. The van der Waals surface area contributed by atoms with Gasteiger partial charge in [-0.1, -0.05) is 24.3 Å². The predicted molar refractivity (Wildman–Crippen MR) is 109 cm³/mol. The van der Waals surface area contributed by atoms with Gasteiger partial charge in [0.2, 0.25) is 11.8 Å². The van der Waals surface area contributed by atoms with Crippen LogP contribution in [0.2, 0.25) is 0 Å². The van der Waals surface area contributed by atoms with Crippen molar-refractivity contribution >= 4 is 11.6 Å². The number of imidazole rings is 1. The number of rotatable bonds is 3. The van der Waals surface area contributed by atoms with Gasteiger partial charge in [-0.2, -0.15) is 0 Å². The molecule has 0 spiro atoms. The summed E-state index contributed by atoms with van der Waals surface area (Å²) in [6.45, 7) is 2.49. The molecule has 0 saturated carbocycles. The summed E-state index contributed by atoms with van der Waals surface area (Å²) in [5.41, 5.74) is 4.95. The number of carbonyl (C=O) groups is 1. The highest BCUT2D eigenvalue weighted by atomic mass is 16.5. The second-order valence-corrected chi connectivity index (χ2v) is 7.25. The molecule has 6 heteroatoms. The molecule has 0 fully saturated rings. The lowest BCUT2D eigenvalue weighted by Crippen LogP contribution is -2.21. The minimum Gasteiger partial charge on any atom is -0.439 e. The zero-order valence-electron chi connectivity index (χ0n) is 16.0. The van der Waals surface area contributed by atoms with E-state index in [4.69, 9.17) is 9.72 Å². The number of aryl methyl sites for hydroxylation is 1. The summed E-state index contributed by atoms with van der Waals surface area (Å²) in [6, 6.07) is 17.5. The molecule has 0 bridgehead atoms. The van der Waals surface area contributed by atoms with E-state index >= 15 is 0 Å². The highest BCUT2D eigenvalue weighted by Gasteiger charge is 2.29. The molecule has 1 aromatic carbocycles. The Morgan fingerprint density at radius 1 is 1.14 bits per heavy atom. The number of para-hydroxylation sites is 1. The number of aromatic nitrogens is 3. The molecule has 29 heavy (non-hydrogen) atoms. The number of amides is 1. The number of hydrogen-bond acceptors (Lipinski definition) is 4. The van der Waals surface area contributed by atoms with Crippen LogP contribution in [0.1, 0.15) is 34.9 Å². The Bertz CT molecular complexity index is 1180. The maximum Gasteiger partial charge on any atom is 0.221 e. The molecule has 1 aliphatic rings. The zero-order valence-corrected chi connectivity index (χ0v) is 16.0. The number of nitrogens with one attached hydrogen (secondary N) is 1. The minimum atomic E-state index is -0.122. The Morgan fingerprint density at radius 3 is 2.79 bits per heavy atom. The van der Waals surface area contributed by atoms with E-state index in [0.717, 1.165) is 33.9 Å². The Kier molecular flexibility index (Phi) is 4.24. The van der Waals surface area contributed by atoms with E-state index in [0.29, 0.717) is 18.8 Å². The third-order valence-electron chi connectivity index (χ3n) is 5.19. The van der Waals surface area contributed by atoms with Crippen molar-refractivity contribution < 1.29 is 9.53 Å². The molecule has 1 amide bonds. The van der Waals surface area contributed by atoms with Crippen LogP contribution in [0.15, 0.2) is 67.0 Å². The van der Waals surface area contributed by atoms with Crippen molar-refractivity contribution in [3.8, 4) is 11.6 Å². The fourth-order valence-corrected chi connectivity index (χ4v) is 3.79. The van der Waals surface area contributed by atoms with Gasteiger partial charge < -0.3 is 14.5 Å². The fourth-order valence-electron chi connectivity index (χ4n) is 3.79. The fraction of sp³-hybridized carbons (Fsp3) is 0.174. The largest absolute Gasteiger partial charge is 0.439 e. The Balaban J connectivity index is 1.53. The van der Waals surface area contributed by atoms with Crippen molar-refractivity contribution in [2.75, 3.05) is 0 Å². The number of carbonyl (C=O) groups excluding carboxylic acids is 1. The first-order chi connectivity index (χ1) is 14.2. The Labute approximate surface area is 168 Å². The van der Waals surface area contributed by atoms with E-state index in [1.807, 2.05) is 48.7 Å². The van der Waals surface area contributed by atoms with Crippen LogP contribution in [0.4, 0.5) is 0 Å². The maximum atomic E-state index is 12.3. The van der Waals surface area contributed by atoms with E-state index in [1.165, 1.54) is 0 Å². The van der Waals surface area contributed by atoms with Crippen molar-refractivity contribution in [1.82, 2.24) is 19.7 Å². The topological polar surface area (TPSA) is 68.5 Å². The van der Waals surface area contributed by atoms with Gasteiger partial charge >= 0.3 is 0 Å². The molecular weight excluding hydrogens is 364 g/mol. The van der Waals surface area contributed by atoms with Crippen molar-refractivity contribution in [3.05, 3.63) is 89.5 Å². The van der Waals surface area contributed by atoms with Gasteiger partial charge in [0.15, 0.2) is 0 Å². The Hall–Kier alpha value is -3.67. The van der Waals surface area contributed by atoms with Crippen LogP contribution in [0.25, 0.3) is 5.65 Å². The molecule has 5 rings (SSSR count). The van der Waals surface area contributed by atoms with E-state index < -0.39 is 0 Å². The van der Waals surface area contributed by atoms with Gasteiger partial charge in [0.25, 0.3) is 0 Å². The molecule has 4 heterocycles. The van der Waals surface area contributed by atoms with Crippen LogP contribution >= 0.6 is 0 Å². The van der Waals surface area contributed by atoms with Crippen molar-refractivity contribution in [3.63, 3.8) is 0 Å². The van der Waals surface area contributed by atoms with E-state index in [2.05, 4.69) is 33.8 Å². The van der Waals surface area contributed by atoms with Crippen LogP contribution in [-0.4, -0.2) is 20.3 Å². The van der Waals surface area contributed by atoms with E-state index in [9.17, 15) is 4.79 Å². The summed E-state index contributed by atoms with van der Waals surface area (Å²) in [5.74, 6) is 1.15. The standard InChI is InChI=1S/C23H20N4O2/c1-15-9-10-27-20(11-15)26-19-14-24-21(28)12-18(23(19)27)16-7-8-22(25-13-16)29-17-5-3-2-4-6-17/h2-11,13,18H,12,14H2,1H3,(H,24,28). The van der Waals surface area contributed by atoms with Crippen LogP contribution in [0.5, 0.6) is 11.6 Å². The number of nitrogens with zero attached hydrogens (tertiary/aromatic N) is 3. The molecule has 3 aromatic heterocycles. The lowest BCUT2D eigenvalue weighted by molar-refractivity contribution is -0.121. The zero-order chi connectivity index (χ0) is 19.8. The number of pyridine rings is 2. The van der Waals surface area contributed by atoms with Gasteiger partial charge in [0, 0.05) is 30.8 Å². The summed E-state index contributed by atoms with van der Waals surface area (Å²) in [6.07, 6.45) is 4.17. The maximum absolute atomic E-state index is 12.3. The molecule has 0 aliphatic carbocycles. The Morgan fingerprint density at radius 2 is 2.00 bits per heavy atom. The smallest absolute Gasteiger partial charge is 0.221 e. The second kappa shape index (κ2) is 7.05. The normalized spacial score (nSPS) is 16.2. The van der Waals surface area contributed by atoms with Gasteiger partial charge in [0.1, 0.15) is 11.4 Å². The summed E-state index contributed by atoms with van der Waals surface area (Å²) < 4.78 is 7.88. The SMILES string of the molecule is Cc1ccn2c3c(nc2c1)CNC(=O)CC3c1ccc(Oc2ccccc2)nc1. The molecule has 4 aromatic rings. The summed E-state index contributed by atoms with van der Waals surface area (Å²) >= 11 is 0. The summed E-state index contributed by atoms with van der Waals surface area (Å²) in [5, 5.41) is 2.96. The summed E-state index contributed by atoms with van der Waals surface area (Å²) in [7, 11) is 0. The quantitative estimate of drug-likeness (QED) is 0.580. The first-order valence-corrected chi connectivity index (χ1v) is 9.60. The van der Waals surface area contributed by atoms with Gasteiger partial charge in [-0.3, -0.25) is 4.79 Å².